The molecule has 2 atom stereocenters. The lowest BCUT2D eigenvalue weighted by Gasteiger charge is -2.37. The van der Waals surface area contributed by atoms with Gasteiger partial charge >= 0.3 is 0 Å². The summed E-state index contributed by atoms with van der Waals surface area (Å²) in [6.45, 7) is 8.55. The van der Waals surface area contributed by atoms with Crippen LogP contribution in [0.15, 0.2) is 60.7 Å². The van der Waals surface area contributed by atoms with Gasteiger partial charge in [0.05, 0.1) is 8.07 Å². The van der Waals surface area contributed by atoms with Crippen LogP contribution in [0.5, 0.6) is 0 Å². The van der Waals surface area contributed by atoms with Crippen molar-refractivity contribution >= 4 is 19.0 Å². The second-order valence-electron chi connectivity index (χ2n) is 6.38. The van der Waals surface area contributed by atoms with Gasteiger partial charge in [-0.2, -0.15) is 0 Å². The quantitative estimate of drug-likeness (QED) is 0.758. The molecule has 0 unspecified atom stereocenters. The van der Waals surface area contributed by atoms with Crippen molar-refractivity contribution in [3.05, 3.63) is 66.2 Å². The predicted octanol–water partition coefficient (Wildman–Crippen LogP) is 4.15. The van der Waals surface area contributed by atoms with E-state index in [1.807, 2.05) is 6.07 Å². The Morgan fingerprint density at radius 3 is 1.86 bits per heavy atom. The third-order valence-corrected chi connectivity index (χ3v) is 8.80. The van der Waals surface area contributed by atoms with Gasteiger partial charge < -0.3 is 0 Å². The van der Waals surface area contributed by atoms with Crippen LogP contribution in [0.1, 0.15) is 25.0 Å². The number of hydrogen-bond acceptors (Lipinski definition) is 1. The molecule has 2 heteroatoms. The molecule has 0 aliphatic heterocycles. The van der Waals surface area contributed by atoms with Crippen molar-refractivity contribution in [3.63, 3.8) is 0 Å². The van der Waals surface area contributed by atoms with E-state index in [0.717, 1.165) is 0 Å². The number of carbonyl (C=O) groups excluding carboxylic acids is 1. The van der Waals surface area contributed by atoms with Gasteiger partial charge in [0.15, 0.2) is 0 Å². The van der Waals surface area contributed by atoms with E-state index >= 15 is 0 Å². The Balaban J connectivity index is 2.52. The number of benzene rings is 2. The summed E-state index contributed by atoms with van der Waals surface area (Å²) in [4.78, 5) is 12.1. The van der Waals surface area contributed by atoms with Crippen molar-refractivity contribution in [2.75, 3.05) is 0 Å². The molecule has 21 heavy (non-hydrogen) atoms. The van der Waals surface area contributed by atoms with Crippen molar-refractivity contribution in [1.82, 2.24) is 0 Å². The van der Waals surface area contributed by atoms with E-state index in [4.69, 9.17) is 0 Å². The summed E-state index contributed by atoms with van der Waals surface area (Å²) in [6.07, 6.45) is 0. The molecule has 2 aromatic rings. The molecule has 0 heterocycles. The topological polar surface area (TPSA) is 17.1 Å². The van der Waals surface area contributed by atoms with Gasteiger partial charge in [0, 0.05) is 5.92 Å². The second-order valence-corrected chi connectivity index (χ2v) is 11.0. The molecule has 0 radical (unpaired) electrons. The molecule has 0 bridgehead atoms. The molecule has 110 valence electrons. The zero-order chi connectivity index (χ0) is 15.5. The molecule has 1 nitrogen and oxygen atoms in total. The maximum Gasteiger partial charge on any atom is 0.132 e. The Bertz CT molecular complexity index is 589. The second kappa shape index (κ2) is 6.40. The van der Waals surface area contributed by atoms with Gasteiger partial charge in [0.1, 0.15) is 5.78 Å². The van der Waals surface area contributed by atoms with Crippen LogP contribution >= 0.6 is 0 Å². The summed E-state index contributed by atoms with van der Waals surface area (Å²) in [6, 6.07) is 21.2. The Morgan fingerprint density at radius 1 is 0.905 bits per heavy atom. The summed E-state index contributed by atoms with van der Waals surface area (Å²) in [5.41, 5.74) is 1.60. The first-order valence-corrected chi connectivity index (χ1v) is 10.6. The van der Waals surface area contributed by atoms with Crippen molar-refractivity contribution in [1.29, 1.82) is 0 Å². The molecule has 2 aromatic carbocycles. The lowest BCUT2D eigenvalue weighted by Crippen LogP contribution is -2.50. The van der Waals surface area contributed by atoms with Crippen LogP contribution < -0.4 is 5.19 Å². The van der Waals surface area contributed by atoms with Crippen LogP contribution in [0.4, 0.5) is 0 Å². The summed E-state index contributed by atoms with van der Waals surface area (Å²) in [5.74, 6) is 0.328. The zero-order valence-corrected chi connectivity index (χ0v) is 14.3. The standard InChI is InChI=1S/C19H24OSi/c1-15(16(2)20)19(17-11-7-5-8-12-17)21(3,4)18-13-9-6-10-14-18/h5-15,19H,1-4H3/t15-,19+/m0/s1. The molecule has 0 aliphatic carbocycles. The molecule has 0 aliphatic rings. The van der Waals surface area contributed by atoms with Gasteiger partial charge in [0.25, 0.3) is 0 Å². The summed E-state index contributed by atoms with van der Waals surface area (Å²) >= 11 is 0. The molecule has 0 saturated carbocycles. The first-order chi connectivity index (χ1) is 9.94. The molecule has 0 spiro atoms. The van der Waals surface area contributed by atoms with Crippen LogP contribution in [0.2, 0.25) is 13.1 Å². The number of carbonyl (C=O) groups is 1. The Hall–Kier alpha value is -1.67. The molecular formula is C19H24OSi. The Kier molecular flexibility index (Phi) is 4.79. The highest BCUT2D eigenvalue weighted by molar-refractivity contribution is 6.91. The highest BCUT2D eigenvalue weighted by Gasteiger charge is 2.39. The van der Waals surface area contributed by atoms with E-state index in [0.29, 0.717) is 5.54 Å². The fourth-order valence-electron chi connectivity index (χ4n) is 3.27. The van der Waals surface area contributed by atoms with Crippen molar-refractivity contribution in [2.24, 2.45) is 5.92 Å². The SMILES string of the molecule is CC(=O)[C@H](C)[C@H](c1ccccc1)[Si](C)(C)c1ccccc1. The third kappa shape index (κ3) is 3.33. The van der Waals surface area contributed by atoms with Gasteiger partial charge in [-0.05, 0) is 18.0 Å². The van der Waals surface area contributed by atoms with Gasteiger partial charge in [0.2, 0.25) is 0 Å². The van der Waals surface area contributed by atoms with E-state index in [-0.39, 0.29) is 11.7 Å². The molecular weight excluding hydrogens is 272 g/mol. The van der Waals surface area contributed by atoms with E-state index in [1.165, 1.54) is 10.8 Å². The van der Waals surface area contributed by atoms with E-state index in [9.17, 15) is 4.79 Å². The number of rotatable bonds is 5. The maximum atomic E-state index is 12.1. The van der Waals surface area contributed by atoms with Crippen LogP contribution in [0.25, 0.3) is 0 Å². The van der Waals surface area contributed by atoms with E-state index in [1.54, 1.807) is 6.92 Å². The predicted molar refractivity (Wildman–Crippen MR) is 92.6 cm³/mol. The molecule has 0 saturated heterocycles. The van der Waals surface area contributed by atoms with Gasteiger partial charge in [-0.25, -0.2) is 0 Å². The highest BCUT2D eigenvalue weighted by atomic mass is 28.3. The van der Waals surface area contributed by atoms with E-state index in [2.05, 4.69) is 74.6 Å². The van der Waals surface area contributed by atoms with E-state index < -0.39 is 8.07 Å². The normalized spacial score (nSPS) is 14.5. The highest BCUT2D eigenvalue weighted by Crippen LogP contribution is 2.34. The fraction of sp³-hybridized carbons (Fsp3) is 0.316. The van der Waals surface area contributed by atoms with Crippen LogP contribution in [-0.2, 0) is 4.79 Å². The van der Waals surface area contributed by atoms with Gasteiger partial charge in [-0.1, -0.05) is 85.9 Å². The van der Waals surface area contributed by atoms with Crippen molar-refractivity contribution in [2.45, 2.75) is 32.5 Å². The maximum absolute atomic E-state index is 12.1. The van der Waals surface area contributed by atoms with Gasteiger partial charge in [-0.15, -0.1) is 0 Å². The summed E-state index contributed by atoms with van der Waals surface area (Å²) in [7, 11) is -1.80. The first-order valence-electron chi connectivity index (χ1n) is 7.55. The summed E-state index contributed by atoms with van der Waals surface area (Å²) < 4.78 is 0. The van der Waals surface area contributed by atoms with Crippen LogP contribution in [0, 0.1) is 5.92 Å². The minimum absolute atomic E-state index is 0.0503. The lowest BCUT2D eigenvalue weighted by atomic mass is 9.97. The minimum atomic E-state index is -1.80. The monoisotopic (exact) mass is 296 g/mol. The average molecular weight is 296 g/mol. The Morgan fingerprint density at radius 2 is 1.38 bits per heavy atom. The number of ketones is 1. The van der Waals surface area contributed by atoms with Gasteiger partial charge in [-0.3, -0.25) is 4.79 Å². The third-order valence-electron chi connectivity index (χ3n) is 4.60. The fourth-order valence-corrected chi connectivity index (χ4v) is 7.19. The van der Waals surface area contributed by atoms with Crippen LogP contribution in [0.3, 0.4) is 0 Å². The lowest BCUT2D eigenvalue weighted by molar-refractivity contribution is -0.120. The largest absolute Gasteiger partial charge is 0.300 e. The molecule has 0 fully saturated rings. The number of hydrogen-bond donors (Lipinski definition) is 0. The molecule has 2 rings (SSSR count). The van der Waals surface area contributed by atoms with Crippen molar-refractivity contribution < 1.29 is 4.79 Å². The van der Waals surface area contributed by atoms with Crippen molar-refractivity contribution in [3.8, 4) is 0 Å². The first kappa shape index (κ1) is 15.7. The smallest absolute Gasteiger partial charge is 0.132 e. The average Bonchev–Trinajstić information content (AvgIpc) is 2.49. The zero-order valence-electron chi connectivity index (χ0n) is 13.3. The molecule has 0 amide bonds. The summed E-state index contributed by atoms with van der Waals surface area (Å²) in [5, 5.41) is 1.41. The number of Topliss-reactive ketones (excluding diaryl/α,β-unsaturated/α-hetero) is 1. The molecule has 0 N–H and O–H groups in total. The minimum Gasteiger partial charge on any atom is -0.300 e. The Labute approximate surface area is 129 Å². The van der Waals surface area contributed by atoms with Crippen LogP contribution in [-0.4, -0.2) is 13.9 Å². The molecule has 0 aromatic heterocycles.